The summed E-state index contributed by atoms with van der Waals surface area (Å²) >= 11 is 17.0. The summed E-state index contributed by atoms with van der Waals surface area (Å²) in [6.07, 6.45) is -4.79. The molecule has 3 aliphatic rings. The third-order valence-electron chi connectivity index (χ3n) is 5.30. The first-order chi connectivity index (χ1) is 12.3. The summed E-state index contributed by atoms with van der Waals surface area (Å²) in [6, 6.07) is 0. The van der Waals surface area contributed by atoms with Crippen molar-refractivity contribution in [2.24, 2.45) is 5.92 Å². The average molecular weight is 447 g/mol. The number of carbonyl (C=O) groups is 3. The van der Waals surface area contributed by atoms with Crippen LogP contribution in [-0.4, -0.2) is 69.6 Å². The molecule has 1 amide bonds. The summed E-state index contributed by atoms with van der Waals surface area (Å²) < 4.78 is 19.2. The van der Waals surface area contributed by atoms with E-state index in [1.165, 1.54) is 21.0 Å². The van der Waals surface area contributed by atoms with Crippen molar-refractivity contribution in [2.45, 2.75) is 59.8 Å². The van der Waals surface area contributed by atoms with Crippen molar-refractivity contribution in [2.75, 3.05) is 7.11 Å². The molecule has 7 atom stereocenters. The second kappa shape index (κ2) is 6.60. The lowest BCUT2D eigenvalue weighted by Crippen LogP contribution is -2.78. The van der Waals surface area contributed by atoms with Crippen LogP contribution in [0.25, 0.3) is 0 Å². The Hall–Kier alpha value is -0.840. The molecule has 152 valence electrons. The lowest BCUT2D eigenvalue weighted by Gasteiger charge is -2.56. The quantitative estimate of drug-likeness (QED) is 0.466. The van der Waals surface area contributed by atoms with Gasteiger partial charge in [0.15, 0.2) is 12.4 Å². The molecule has 0 spiro atoms. The molecule has 2 aliphatic heterocycles. The van der Waals surface area contributed by atoms with Crippen LogP contribution in [-0.2, 0) is 33.3 Å². The number of carbonyl (C=O) groups excluding carboxylic acids is 3. The molecule has 2 N–H and O–H groups in total. The summed E-state index contributed by atoms with van der Waals surface area (Å²) in [6.45, 7) is 2.53. The Morgan fingerprint density at radius 2 is 2.00 bits per heavy atom. The van der Waals surface area contributed by atoms with Gasteiger partial charge in [0.2, 0.25) is 0 Å². The molecule has 2 unspecified atom stereocenters. The van der Waals surface area contributed by atoms with Gasteiger partial charge in [0.1, 0.15) is 17.8 Å². The number of methoxy groups -OCH3 is 1. The van der Waals surface area contributed by atoms with Crippen molar-refractivity contribution in [3.8, 4) is 0 Å². The highest BCUT2D eigenvalue weighted by Gasteiger charge is 2.75. The first-order valence-electron chi connectivity index (χ1n) is 8.02. The number of rotatable bonds is 3. The van der Waals surface area contributed by atoms with Crippen LogP contribution in [0, 0.1) is 5.92 Å². The van der Waals surface area contributed by atoms with Crippen LogP contribution < -0.4 is 5.32 Å². The maximum absolute atomic E-state index is 12.5. The largest absolute Gasteiger partial charge is 0.459 e. The average Bonchev–Trinajstić information content (AvgIpc) is 2.73. The molecule has 9 nitrogen and oxygen atoms in total. The van der Waals surface area contributed by atoms with E-state index in [0.717, 1.165) is 0 Å². The Labute approximate surface area is 169 Å². The Balaban J connectivity index is 2.10. The van der Waals surface area contributed by atoms with E-state index in [9.17, 15) is 19.5 Å². The number of amides is 1. The van der Waals surface area contributed by atoms with Crippen LogP contribution in [0.5, 0.6) is 0 Å². The fraction of sp³-hybridized carbons (Fsp3) is 0.800. The van der Waals surface area contributed by atoms with Gasteiger partial charge in [-0.2, -0.15) is 0 Å². The van der Waals surface area contributed by atoms with Gasteiger partial charge < -0.3 is 29.4 Å². The van der Waals surface area contributed by atoms with Gasteiger partial charge >= 0.3 is 11.9 Å². The molecule has 1 saturated carbocycles. The highest BCUT2D eigenvalue weighted by atomic mass is 35.6. The zero-order valence-corrected chi connectivity index (χ0v) is 16.8. The van der Waals surface area contributed by atoms with Gasteiger partial charge in [0, 0.05) is 20.5 Å². The molecule has 12 heteroatoms. The minimum absolute atomic E-state index is 0.174. The monoisotopic (exact) mass is 445 g/mol. The zero-order valence-electron chi connectivity index (χ0n) is 14.5. The predicted octanol–water partition coefficient (Wildman–Crippen LogP) is 0.211. The number of halogens is 3. The van der Waals surface area contributed by atoms with Gasteiger partial charge in [-0.25, -0.2) is 4.79 Å². The standard InChI is InChI=1S/C15H18Cl3NO8/c1-5(20)25-6-4-14(19-12(22)15(16,17)18)7-8(13(6,2)23)26-10(21)9(14)27-11(7)24-3/h6-9,11,23H,4H2,1-3H3,(H,19,22)/t6-,7?,8?,9+,11+,13+,14+/m0/s1. The molecular formula is C15H18Cl3NO8. The minimum atomic E-state index is -2.31. The molecule has 27 heavy (non-hydrogen) atoms. The Kier molecular flexibility index (Phi) is 5.11. The van der Waals surface area contributed by atoms with Crippen molar-refractivity contribution < 1.29 is 38.4 Å². The number of alkyl halides is 3. The van der Waals surface area contributed by atoms with E-state index < -0.39 is 63.3 Å². The molecular weight excluding hydrogens is 429 g/mol. The van der Waals surface area contributed by atoms with Crippen molar-refractivity contribution in [3.63, 3.8) is 0 Å². The number of ether oxygens (including phenoxy) is 4. The second-order valence-electron chi connectivity index (χ2n) is 7.02. The first-order valence-corrected chi connectivity index (χ1v) is 9.15. The molecule has 2 saturated heterocycles. The van der Waals surface area contributed by atoms with Gasteiger partial charge in [0.05, 0.1) is 11.5 Å². The second-order valence-corrected chi connectivity index (χ2v) is 9.30. The van der Waals surface area contributed by atoms with E-state index in [2.05, 4.69) is 5.32 Å². The van der Waals surface area contributed by atoms with E-state index in [4.69, 9.17) is 53.8 Å². The summed E-state index contributed by atoms with van der Waals surface area (Å²) in [5.41, 5.74) is -3.24. The summed E-state index contributed by atoms with van der Waals surface area (Å²) in [4.78, 5) is 36.4. The molecule has 2 heterocycles. The minimum Gasteiger partial charge on any atom is -0.459 e. The third kappa shape index (κ3) is 3.18. The molecule has 4 bridgehead atoms. The van der Waals surface area contributed by atoms with Crippen LogP contribution in [0.4, 0.5) is 0 Å². The number of hydrogen-bond donors (Lipinski definition) is 2. The van der Waals surface area contributed by atoms with Crippen molar-refractivity contribution in [1.82, 2.24) is 5.32 Å². The van der Waals surface area contributed by atoms with Crippen molar-refractivity contribution in [3.05, 3.63) is 0 Å². The molecule has 0 aromatic carbocycles. The third-order valence-corrected chi connectivity index (χ3v) is 5.82. The van der Waals surface area contributed by atoms with Crippen molar-refractivity contribution in [1.29, 1.82) is 0 Å². The molecule has 1 aliphatic carbocycles. The fourth-order valence-electron chi connectivity index (χ4n) is 4.16. The van der Waals surface area contributed by atoms with E-state index in [0.29, 0.717) is 0 Å². The lowest BCUT2D eigenvalue weighted by atomic mass is 9.61. The molecule has 0 radical (unpaired) electrons. The van der Waals surface area contributed by atoms with Crippen LogP contribution >= 0.6 is 34.8 Å². The molecule has 0 aromatic heterocycles. The summed E-state index contributed by atoms with van der Waals surface area (Å²) in [7, 11) is 1.34. The number of nitrogens with one attached hydrogen (secondary N) is 1. The van der Waals surface area contributed by atoms with Crippen molar-refractivity contribution >= 4 is 52.6 Å². The lowest BCUT2D eigenvalue weighted by molar-refractivity contribution is -0.245. The number of esters is 2. The van der Waals surface area contributed by atoms with Crippen LogP contribution in [0.1, 0.15) is 20.3 Å². The smallest absolute Gasteiger partial charge is 0.338 e. The first kappa shape index (κ1) is 20.9. The van der Waals surface area contributed by atoms with E-state index in [1.54, 1.807) is 0 Å². The Morgan fingerprint density at radius 3 is 2.52 bits per heavy atom. The fourth-order valence-corrected chi connectivity index (χ4v) is 4.31. The number of hydrogen-bond acceptors (Lipinski definition) is 8. The Bertz CT molecular complexity index is 680. The van der Waals surface area contributed by atoms with Gasteiger partial charge in [-0.1, -0.05) is 34.8 Å². The highest BCUT2D eigenvalue weighted by molar-refractivity contribution is 6.76. The van der Waals surface area contributed by atoms with E-state index in [-0.39, 0.29) is 6.42 Å². The van der Waals surface area contributed by atoms with Crippen LogP contribution in [0.15, 0.2) is 0 Å². The topological polar surface area (TPSA) is 120 Å². The number of aliphatic hydroxyl groups is 1. The normalized spacial score (nSPS) is 43.1. The predicted molar refractivity (Wildman–Crippen MR) is 91.0 cm³/mol. The molecule has 3 fully saturated rings. The summed E-state index contributed by atoms with van der Waals surface area (Å²) in [5.74, 6) is -3.31. The maximum Gasteiger partial charge on any atom is 0.338 e. The van der Waals surface area contributed by atoms with Gasteiger partial charge in [0.25, 0.3) is 9.70 Å². The van der Waals surface area contributed by atoms with Gasteiger partial charge in [-0.05, 0) is 6.92 Å². The molecule has 0 aromatic rings. The van der Waals surface area contributed by atoms with Crippen LogP contribution in [0.2, 0.25) is 0 Å². The molecule has 3 rings (SSSR count). The van der Waals surface area contributed by atoms with Gasteiger partial charge in [-0.15, -0.1) is 0 Å². The summed E-state index contributed by atoms with van der Waals surface area (Å²) in [5, 5.41) is 13.6. The van der Waals surface area contributed by atoms with E-state index >= 15 is 0 Å². The Morgan fingerprint density at radius 1 is 1.37 bits per heavy atom. The SMILES string of the molecule is CO[C@@H]1O[C@@H]2C(=O)OC3C1[C@]2(NC(=O)C(Cl)(Cl)Cl)C[C@H](OC(C)=O)[C@@]3(C)O. The van der Waals surface area contributed by atoms with Crippen LogP contribution in [0.3, 0.4) is 0 Å². The highest BCUT2D eigenvalue weighted by Crippen LogP contribution is 2.55. The maximum atomic E-state index is 12.5. The zero-order chi connectivity index (χ0) is 20.4. The van der Waals surface area contributed by atoms with E-state index in [1.807, 2.05) is 0 Å². The van der Waals surface area contributed by atoms with Gasteiger partial charge in [-0.3, -0.25) is 9.59 Å².